The van der Waals surface area contributed by atoms with Gasteiger partial charge in [-0.2, -0.15) is 5.10 Å². The summed E-state index contributed by atoms with van der Waals surface area (Å²) in [5, 5.41) is 7.18. The van der Waals surface area contributed by atoms with E-state index in [1.807, 2.05) is 4.90 Å². The van der Waals surface area contributed by atoms with Crippen LogP contribution in [-0.4, -0.2) is 66.4 Å². The second kappa shape index (κ2) is 8.68. The van der Waals surface area contributed by atoms with Gasteiger partial charge >= 0.3 is 0 Å². The predicted octanol–water partition coefficient (Wildman–Crippen LogP) is 1.00. The number of carbonyl (C=O) groups is 1. The van der Waals surface area contributed by atoms with E-state index in [-0.39, 0.29) is 24.8 Å². The summed E-state index contributed by atoms with van der Waals surface area (Å²) in [7, 11) is 3.43. The number of aliphatic imine (C=N–C) groups is 1. The van der Waals surface area contributed by atoms with Crippen LogP contribution in [0.5, 0.6) is 5.75 Å². The van der Waals surface area contributed by atoms with Crippen molar-refractivity contribution in [3.8, 4) is 5.75 Å². The molecule has 1 saturated heterocycles. The van der Waals surface area contributed by atoms with Crippen molar-refractivity contribution in [1.82, 2.24) is 20.0 Å². The molecule has 8 nitrogen and oxygen atoms in total. The maximum Gasteiger partial charge on any atom is 0.246 e. The zero-order valence-corrected chi connectivity index (χ0v) is 15.7. The number of aryl methyl sites for hydroxylation is 1. The fourth-order valence-corrected chi connectivity index (χ4v) is 2.92. The molecule has 0 aliphatic carbocycles. The van der Waals surface area contributed by atoms with Crippen LogP contribution in [0.1, 0.15) is 0 Å². The third-order valence-electron chi connectivity index (χ3n) is 4.27. The minimum absolute atomic E-state index is 0.0153. The van der Waals surface area contributed by atoms with E-state index in [1.165, 1.54) is 6.07 Å². The highest BCUT2D eigenvalue weighted by Gasteiger charge is 2.27. The predicted molar refractivity (Wildman–Crippen MR) is 100 cm³/mol. The maximum atomic E-state index is 13.5. The molecule has 1 amide bonds. The van der Waals surface area contributed by atoms with Crippen molar-refractivity contribution >= 4 is 17.6 Å². The minimum atomic E-state index is -0.749. The number of nitrogens with one attached hydrogen (secondary N) is 1. The van der Waals surface area contributed by atoms with Crippen LogP contribution in [0.3, 0.4) is 0 Å². The summed E-state index contributed by atoms with van der Waals surface area (Å²) < 4.78 is 33.4. The number of nitrogens with zero attached hydrogens (tertiary/aromatic N) is 5. The Morgan fingerprint density at radius 2 is 2.18 bits per heavy atom. The molecule has 0 saturated carbocycles. The lowest BCUT2D eigenvalue weighted by Gasteiger charge is -2.35. The van der Waals surface area contributed by atoms with Crippen LogP contribution in [0.2, 0.25) is 0 Å². The van der Waals surface area contributed by atoms with E-state index in [0.29, 0.717) is 25.6 Å². The number of hydrogen-bond donors (Lipinski definition) is 1. The molecule has 0 bridgehead atoms. The number of rotatable bonds is 5. The van der Waals surface area contributed by atoms with Gasteiger partial charge in [-0.25, -0.2) is 8.78 Å². The second-order valence-electron chi connectivity index (χ2n) is 6.24. The van der Waals surface area contributed by atoms with Gasteiger partial charge in [0.2, 0.25) is 5.91 Å². The van der Waals surface area contributed by atoms with E-state index in [9.17, 15) is 13.6 Å². The third kappa shape index (κ3) is 4.56. The lowest BCUT2D eigenvalue weighted by Crippen LogP contribution is -2.55. The molecule has 1 fully saturated rings. The average Bonchev–Trinajstić information content (AvgIpc) is 3.09. The molecule has 150 valence electrons. The van der Waals surface area contributed by atoms with Crippen LogP contribution in [0.15, 0.2) is 35.6 Å². The van der Waals surface area contributed by atoms with Gasteiger partial charge in [-0.3, -0.25) is 14.5 Å². The number of ether oxygens (including phenoxy) is 1. The molecule has 0 spiro atoms. The van der Waals surface area contributed by atoms with Gasteiger partial charge < -0.3 is 19.9 Å². The van der Waals surface area contributed by atoms with Gasteiger partial charge in [-0.15, -0.1) is 0 Å². The van der Waals surface area contributed by atoms with Crippen LogP contribution >= 0.6 is 0 Å². The number of halogens is 2. The van der Waals surface area contributed by atoms with E-state index in [1.54, 1.807) is 36.1 Å². The molecular weight excluding hydrogens is 370 g/mol. The summed E-state index contributed by atoms with van der Waals surface area (Å²) in [6.07, 6.45) is 3.46. The Morgan fingerprint density at radius 3 is 2.82 bits per heavy atom. The fraction of sp³-hybridized carbons (Fsp3) is 0.389. The van der Waals surface area contributed by atoms with Crippen LogP contribution in [-0.2, 0) is 11.8 Å². The van der Waals surface area contributed by atoms with E-state index < -0.39 is 11.6 Å². The van der Waals surface area contributed by atoms with Crippen LogP contribution in [0.4, 0.5) is 14.5 Å². The largest absolute Gasteiger partial charge is 0.489 e. The van der Waals surface area contributed by atoms with Crippen LogP contribution in [0, 0.1) is 11.6 Å². The first-order chi connectivity index (χ1) is 13.5. The van der Waals surface area contributed by atoms with Gasteiger partial charge in [0.1, 0.15) is 19.0 Å². The Labute approximate surface area is 161 Å². The molecule has 1 aromatic heterocycles. The normalized spacial score (nSPS) is 15.1. The molecule has 2 heterocycles. The Bertz CT molecular complexity index is 870. The molecule has 0 radical (unpaired) electrons. The molecule has 1 N–H and O–H groups in total. The molecule has 10 heteroatoms. The maximum absolute atomic E-state index is 13.5. The first-order valence-electron chi connectivity index (χ1n) is 8.80. The lowest BCUT2D eigenvalue weighted by atomic mass is 10.3. The Hall–Kier alpha value is -3.17. The van der Waals surface area contributed by atoms with Gasteiger partial charge in [0, 0.05) is 39.4 Å². The summed E-state index contributed by atoms with van der Waals surface area (Å²) in [6, 6.07) is 3.16. The summed E-state index contributed by atoms with van der Waals surface area (Å²) >= 11 is 0. The van der Waals surface area contributed by atoms with Gasteiger partial charge in [-0.05, 0) is 12.1 Å². The Kier molecular flexibility index (Phi) is 6.07. The third-order valence-corrected chi connectivity index (χ3v) is 4.27. The number of guanidine groups is 1. The second-order valence-corrected chi connectivity index (χ2v) is 6.24. The van der Waals surface area contributed by atoms with E-state index in [0.717, 1.165) is 17.8 Å². The Balaban J connectivity index is 1.48. The van der Waals surface area contributed by atoms with E-state index >= 15 is 0 Å². The van der Waals surface area contributed by atoms with Crippen molar-refractivity contribution in [2.75, 3.05) is 44.7 Å². The Morgan fingerprint density at radius 1 is 1.36 bits per heavy atom. The van der Waals surface area contributed by atoms with Crippen molar-refractivity contribution in [1.29, 1.82) is 0 Å². The fourth-order valence-electron chi connectivity index (χ4n) is 2.92. The van der Waals surface area contributed by atoms with Crippen molar-refractivity contribution in [2.45, 2.75) is 0 Å². The number of carbonyl (C=O) groups excluding carboxylic acids is 1. The number of benzene rings is 1. The monoisotopic (exact) mass is 392 g/mol. The van der Waals surface area contributed by atoms with Crippen LogP contribution < -0.4 is 15.0 Å². The minimum Gasteiger partial charge on any atom is -0.489 e. The molecule has 1 aromatic carbocycles. The van der Waals surface area contributed by atoms with E-state index in [2.05, 4.69) is 15.4 Å². The highest BCUT2D eigenvalue weighted by Crippen LogP contribution is 2.17. The topological polar surface area (TPSA) is 75.0 Å². The molecule has 1 aliphatic heterocycles. The lowest BCUT2D eigenvalue weighted by molar-refractivity contribution is -0.120. The molecule has 3 rings (SSSR count). The number of amides is 1. The van der Waals surface area contributed by atoms with Crippen LogP contribution in [0.25, 0.3) is 0 Å². The number of anilines is 1. The number of piperazine rings is 1. The van der Waals surface area contributed by atoms with Gasteiger partial charge in [0.15, 0.2) is 17.5 Å². The zero-order chi connectivity index (χ0) is 20.1. The van der Waals surface area contributed by atoms with Gasteiger partial charge in [0.25, 0.3) is 0 Å². The quantitative estimate of drug-likeness (QED) is 0.467. The smallest absolute Gasteiger partial charge is 0.246 e. The summed E-state index contributed by atoms with van der Waals surface area (Å²) in [5.74, 6) is -0.910. The van der Waals surface area contributed by atoms with E-state index in [4.69, 9.17) is 4.74 Å². The standard InChI is InChI=1S/C18H22F2N6O2/c1-21-18(22-5-8-28-16-4-3-13(19)9-15(16)20)25-6-7-26(17(27)12-25)14-10-23-24(2)11-14/h3-4,9-11H,5-8,12H2,1-2H3,(H,21,22). The van der Waals surface area contributed by atoms with Crippen molar-refractivity contribution < 1.29 is 18.3 Å². The molecule has 0 atom stereocenters. The summed E-state index contributed by atoms with van der Waals surface area (Å²) in [5.41, 5.74) is 0.768. The summed E-state index contributed by atoms with van der Waals surface area (Å²) in [6.45, 7) is 1.81. The molecule has 2 aromatic rings. The number of hydrogen-bond acceptors (Lipinski definition) is 4. The first-order valence-corrected chi connectivity index (χ1v) is 8.80. The molecule has 28 heavy (non-hydrogen) atoms. The van der Waals surface area contributed by atoms with Crippen molar-refractivity contribution in [3.63, 3.8) is 0 Å². The summed E-state index contributed by atoms with van der Waals surface area (Å²) in [4.78, 5) is 20.2. The SMILES string of the molecule is CN=C(NCCOc1ccc(F)cc1F)N1CCN(c2cnn(C)c2)C(=O)C1. The number of aromatic nitrogens is 2. The van der Waals surface area contributed by atoms with Gasteiger partial charge in [0.05, 0.1) is 18.4 Å². The highest BCUT2D eigenvalue weighted by molar-refractivity contribution is 5.98. The first kappa shape index (κ1) is 19.6. The molecule has 1 aliphatic rings. The zero-order valence-electron chi connectivity index (χ0n) is 15.7. The molecular formula is C18H22F2N6O2. The van der Waals surface area contributed by atoms with Gasteiger partial charge in [-0.1, -0.05) is 0 Å². The molecule has 0 unspecified atom stereocenters. The average molecular weight is 392 g/mol. The van der Waals surface area contributed by atoms with Crippen molar-refractivity contribution in [3.05, 3.63) is 42.2 Å². The highest BCUT2D eigenvalue weighted by atomic mass is 19.1. The van der Waals surface area contributed by atoms with Crippen molar-refractivity contribution in [2.24, 2.45) is 12.0 Å².